The Bertz CT molecular complexity index is 300. The van der Waals surface area contributed by atoms with Gasteiger partial charge in [-0.2, -0.15) is 5.10 Å². The molecule has 0 saturated carbocycles. The molecule has 0 bridgehead atoms. The highest BCUT2D eigenvalue weighted by Crippen LogP contribution is 2.08. The Morgan fingerprint density at radius 3 is 2.56 bits per heavy atom. The van der Waals surface area contributed by atoms with E-state index in [1.807, 2.05) is 26.4 Å². The Morgan fingerprint density at radius 2 is 2.12 bits per heavy atom. The van der Waals surface area contributed by atoms with Crippen LogP contribution >= 0.6 is 0 Å². The predicted molar refractivity (Wildman–Crippen MR) is 62.1 cm³/mol. The minimum Gasteiger partial charge on any atom is -0.394 e. The van der Waals surface area contributed by atoms with E-state index in [1.165, 1.54) is 0 Å². The van der Waals surface area contributed by atoms with Gasteiger partial charge in [0, 0.05) is 13.2 Å². The maximum atomic E-state index is 9.24. The lowest BCUT2D eigenvalue weighted by molar-refractivity contribution is 0.0883. The van der Waals surface area contributed by atoms with Gasteiger partial charge >= 0.3 is 0 Å². The second-order valence-electron chi connectivity index (χ2n) is 4.15. The summed E-state index contributed by atoms with van der Waals surface area (Å²) in [4.78, 5) is 0. The van der Waals surface area contributed by atoms with Crippen LogP contribution in [0.1, 0.15) is 18.9 Å². The molecule has 0 fully saturated rings. The van der Waals surface area contributed by atoms with Gasteiger partial charge in [-0.25, -0.2) is 0 Å². The van der Waals surface area contributed by atoms with Crippen molar-refractivity contribution in [3.63, 3.8) is 0 Å². The van der Waals surface area contributed by atoms with Gasteiger partial charge in [0.25, 0.3) is 0 Å². The smallest absolute Gasteiger partial charge is 0.0645 e. The molecule has 1 aromatic rings. The molecule has 0 aromatic carbocycles. The Kier molecular flexibility index (Phi) is 4.92. The highest BCUT2D eigenvalue weighted by atomic mass is 16.3. The molecule has 1 heterocycles. The monoisotopic (exact) mass is 227 g/mol. The first-order chi connectivity index (χ1) is 7.65. The Hall–Kier alpha value is -0.910. The first-order valence-electron chi connectivity index (χ1n) is 5.60. The Morgan fingerprint density at radius 1 is 1.44 bits per heavy atom. The second-order valence-corrected chi connectivity index (χ2v) is 4.15. The van der Waals surface area contributed by atoms with Crippen LogP contribution in [0.2, 0.25) is 0 Å². The molecule has 0 aliphatic heterocycles. The number of hydrogen-bond donors (Lipinski definition) is 3. The first-order valence-corrected chi connectivity index (χ1v) is 5.60. The third-order valence-electron chi connectivity index (χ3n) is 2.95. The fraction of sp³-hybridized carbons (Fsp3) is 0.727. The molecule has 0 aliphatic carbocycles. The molecule has 0 saturated heterocycles. The number of aryl methyl sites for hydroxylation is 1. The zero-order valence-corrected chi connectivity index (χ0v) is 9.98. The average molecular weight is 227 g/mol. The number of hydrogen-bond acceptors (Lipinski definition) is 4. The summed E-state index contributed by atoms with van der Waals surface area (Å²) in [5.41, 5.74) is 0.596. The van der Waals surface area contributed by atoms with Gasteiger partial charge in [0.05, 0.1) is 24.9 Å². The summed E-state index contributed by atoms with van der Waals surface area (Å²) in [6.07, 6.45) is 5.34. The van der Waals surface area contributed by atoms with Gasteiger partial charge in [0.2, 0.25) is 0 Å². The molecule has 3 N–H and O–H groups in total. The molecule has 0 unspecified atom stereocenters. The van der Waals surface area contributed by atoms with Crippen LogP contribution in [-0.2, 0) is 13.5 Å². The van der Waals surface area contributed by atoms with Crippen molar-refractivity contribution in [2.75, 3.05) is 19.8 Å². The molecule has 1 rings (SSSR count). The van der Waals surface area contributed by atoms with E-state index in [4.69, 9.17) is 0 Å². The molecular weight excluding hydrogens is 206 g/mol. The zero-order chi connectivity index (χ0) is 12.0. The summed E-state index contributed by atoms with van der Waals surface area (Å²) in [5, 5.41) is 25.8. The van der Waals surface area contributed by atoms with E-state index in [1.54, 1.807) is 4.68 Å². The van der Waals surface area contributed by atoms with E-state index in [0.29, 0.717) is 6.42 Å². The molecule has 5 heteroatoms. The number of nitrogens with one attached hydrogen (secondary N) is 1. The third-order valence-corrected chi connectivity index (χ3v) is 2.95. The highest BCUT2D eigenvalue weighted by molar-refractivity contribution is 5.04. The summed E-state index contributed by atoms with van der Waals surface area (Å²) in [6.45, 7) is 2.57. The van der Waals surface area contributed by atoms with Crippen molar-refractivity contribution in [2.24, 2.45) is 7.05 Å². The topological polar surface area (TPSA) is 70.3 Å². The normalized spacial score (nSPS) is 12.0. The van der Waals surface area contributed by atoms with Crippen LogP contribution in [0, 0.1) is 0 Å². The minimum atomic E-state index is -0.553. The van der Waals surface area contributed by atoms with Crippen LogP contribution in [0.3, 0.4) is 0 Å². The van der Waals surface area contributed by atoms with Crippen molar-refractivity contribution >= 4 is 0 Å². The fourth-order valence-electron chi connectivity index (χ4n) is 1.58. The van der Waals surface area contributed by atoms with E-state index in [-0.39, 0.29) is 13.2 Å². The lowest BCUT2D eigenvalue weighted by Crippen LogP contribution is -2.51. The molecule has 16 heavy (non-hydrogen) atoms. The molecule has 0 aliphatic rings. The van der Waals surface area contributed by atoms with E-state index < -0.39 is 5.54 Å². The van der Waals surface area contributed by atoms with Crippen LogP contribution in [0.15, 0.2) is 12.4 Å². The van der Waals surface area contributed by atoms with Crippen LogP contribution in [-0.4, -0.2) is 45.3 Å². The number of nitrogens with zero attached hydrogens (tertiary/aromatic N) is 2. The SMILES string of the molecule is CCC(CO)(CO)NCCc1cnn(C)c1. The maximum absolute atomic E-state index is 9.24. The second kappa shape index (κ2) is 5.98. The number of rotatable bonds is 7. The van der Waals surface area contributed by atoms with Crippen molar-refractivity contribution in [3.05, 3.63) is 18.0 Å². The van der Waals surface area contributed by atoms with E-state index in [9.17, 15) is 10.2 Å². The Labute approximate surface area is 96.1 Å². The highest BCUT2D eigenvalue weighted by Gasteiger charge is 2.25. The molecule has 0 radical (unpaired) electrons. The quantitative estimate of drug-likeness (QED) is 0.597. The summed E-state index contributed by atoms with van der Waals surface area (Å²) in [7, 11) is 1.88. The van der Waals surface area contributed by atoms with Crippen molar-refractivity contribution in [3.8, 4) is 0 Å². The largest absolute Gasteiger partial charge is 0.394 e. The van der Waals surface area contributed by atoms with Crippen molar-refractivity contribution in [1.29, 1.82) is 0 Å². The standard InChI is InChI=1S/C11H21N3O2/c1-3-11(8-15,9-16)12-5-4-10-6-13-14(2)7-10/h6-7,12,15-16H,3-5,8-9H2,1-2H3. The van der Waals surface area contributed by atoms with Gasteiger partial charge in [-0.3, -0.25) is 4.68 Å². The lowest BCUT2D eigenvalue weighted by atomic mass is 9.98. The van der Waals surface area contributed by atoms with Crippen molar-refractivity contribution in [2.45, 2.75) is 25.3 Å². The van der Waals surface area contributed by atoms with Gasteiger partial charge in [0.1, 0.15) is 0 Å². The number of aliphatic hydroxyl groups excluding tert-OH is 2. The molecule has 0 amide bonds. The average Bonchev–Trinajstić information content (AvgIpc) is 2.71. The predicted octanol–water partition coefficient (Wildman–Crippen LogP) is -0.314. The summed E-state index contributed by atoms with van der Waals surface area (Å²) in [6, 6.07) is 0. The van der Waals surface area contributed by atoms with Crippen LogP contribution < -0.4 is 5.32 Å². The lowest BCUT2D eigenvalue weighted by Gasteiger charge is -2.29. The molecule has 0 atom stereocenters. The summed E-state index contributed by atoms with van der Waals surface area (Å²) in [5.74, 6) is 0. The van der Waals surface area contributed by atoms with Gasteiger partial charge in [-0.15, -0.1) is 0 Å². The maximum Gasteiger partial charge on any atom is 0.0645 e. The van der Waals surface area contributed by atoms with Crippen molar-refractivity contribution < 1.29 is 10.2 Å². The number of aliphatic hydroxyl groups is 2. The Balaban J connectivity index is 2.39. The summed E-state index contributed by atoms with van der Waals surface area (Å²) >= 11 is 0. The minimum absolute atomic E-state index is 0.0486. The first kappa shape index (κ1) is 13.2. The van der Waals surface area contributed by atoms with E-state index in [2.05, 4.69) is 10.4 Å². The van der Waals surface area contributed by atoms with Crippen LogP contribution in [0.5, 0.6) is 0 Å². The molecular formula is C11H21N3O2. The van der Waals surface area contributed by atoms with Crippen LogP contribution in [0.4, 0.5) is 0 Å². The summed E-state index contributed by atoms with van der Waals surface area (Å²) < 4.78 is 1.76. The molecule has 5 nitrogen and oxygen atoms in total. The van der Waals surface area contributed by atoms with Crippen LogP contribution in [0.25, 0.3) is 0 Å². The van der Waals surface area contributed by atoms with Gasteiger partial charge in [-0.05, 0) is 24.9 Å². The van der Waals surface area contributed by atoms with Gasteiger partial charge < -0.3 is 15.5 Å². The fourth-order valence-corrected chi connectivity index (χ4v) is 1.58. The number of aromatic nitrogens is 2. The van der Waals surface area contributed by atoms with Gasteiger partial charge in [-0.1, -0.05) is 6.92 Å². The third kappa shape index (κ3) is 3.30. The van der Waals surface area contributed by atoms with Crippen molar-refractivity contribution in [1.82, 2.24) is 15.1 Å². The van der Waals surface area contributed by atoms with E-state index >= 15 is 0 Å². The zero-order valence-electron chi connectivity index (χ0n) is 9.98. The molecule has 1 aromatic heterocycles. The molecule has 0 spiro atoms. The van der Waals surface area contributed by atoms with Gasteiger partial charge in [0.15, 0.2) is 0 Å². The molecule has 92 valence electrons. The van der Waals surface area contributed by atoms with E-state index in [0.717, 1.165) is 18.5 Å².